The first kappa shape index (κ1) is 9.06. The van der Waals surface area contributed by atoms with Crippen molar-refractivity contribution in [3.05, 3.63) is 44.9 Å². The predicted molar refractivity (Wildman–Crippen MR) is 45.3 cm³/mol. The number of nitro groups is 1. The molecule has 76 valence electrons. The Morgan fingerprint density at radius 1 is 1.47 bits per heavy atom. The van der Waals surface area contributed by atoms with Crippen LogP contribution in [0.15, 0.2) is 33.6 Å². The van der Waals surface area contributed by atoms with Gasteiger partial charge in [-0.15, -0.1) is 0 Å². The van der Waals surface area contributed by atoms with Gasteiger partial charge < -0.3 is 0 Å². The lowest BCUT2D eigenvalue weighted by Crippen LogP contribution is -2.38. The summed E-state index contributed by atoms with van der Waals surface area (Å²) in [6, 6.07) is 5.84. The first-order chi connectivity index (χ1) is 7.18. The lowest BCUT2D eigenvalue weighted by atomic mass is 10.3. The Bertz CT molecular complexity index is 558. The number of hydrogen-bond acceptors (Lipinski definition) is 5. The summed E-state index contributed by atoms with van der Waals surface area (Å²) in [5.74, 6) is -0.784. The van der Waals surface area contributed by atoms with Gasteiger partial charge in [-0.05, 0) is 0 Å². The average Bonchev–Trinajstić information content (AvgIpc) is 2.65. The smallest absolute Gasteiger partial charge is 0.258 e. The normalized spacial score (nSPS) is 10.1. The molecule has 1 aromatic carbocycles. The summed E-state index contributed by atoms with van der Waals surface area (Å²) in [6.07, 6.45) is 0. The second kappa shape index (κ2) is 3.33. The van der Waals surface area contributed by atoms with E-state index in [2.05, 4.69) is 14.9 Å². The van der Waals surface area contributed by atoms with E-state index >= 15 is 0 Å². The number of nitro benzene ring substituents is 1. The SMILES string of the molecule is O=c1[nH][n+](-c2ccccc2[N+](=O)[O-])no1. The molecule has 0 radical (unpaired) electrons. The van der Waals surface area contributed by atoms with Gasteiger partial charge in [0.15, 0.2) is 0 Å². The van der Waals surface area contributed by atoms with Crippen LogP contribution in [-0.4, -0.2) is 15.3 Å². The van der Waals surface area contributed by atoms with Gasteiger partial charge in [-0.1, -0.05) is 17.2 Å². The van der Waals surface area contributed by atoms with Gasteiger partial charge in [0, 0.05) is 12.1 Å². The molecule has 8 nitrogen and oxygen atoms in total. The van der Waals surface area contributed by atoms with Crippen molar-refractivity contribution in [2.45, 2.75) is 0 Å². The molecule has 0 bridgehead atoms. The molecular formula is C7H5N4O4+. The van der Waals surface area contributed by atoms with Crippen LogP contribution < -0.4 is 10.6 Å². The van der Waals surface area contributed by atoms with E-state index in [0.29, 0.717) is 0 Å². The molecule has 0 aliphatic carbocycles. The summed E-state index contributed by atoms with van der Waals surface area (Å²) in [5.41, 5.74) is -0.0413. The minimum absolute atomic E-state index is 0.133. The molecule has 0 aliphatic rings. The number of para-hydroxylation sites is 2. The van der Waals surface area contributed by atoms with Gasteiger partial charge in [0.1, 0.15) is 0 Å². The molecule has 0 aliphatic heterocycles. The Labute approximate surface area is 81.9 Å². The Balaban J connectivity index is 2.62. The van der Waals surface area contributed by atoms with Crippen LogP contribution in [0.25, 0.3) is 5.69 Å². The fourth-order valence-electron chi connectivity index (χ4n) is 1.11. The second-order valence-electron chi connectivity index (χ2n) is 2.63. The van der Waals surface area contributed by atoms with Crippen LogP contribution in [-0.2, 0) is 0 Å². The summed E-state index contributed by atoms with van der Waals surface area (Å²) in [5, 5.41) is 16.1. The Hall–Kier alpha value is -2.51. The van der Waals surface area contributed by atoms with Crippen LogP contribution in [0.2, 0.25) is 0 Å². The van der Waals surface area contributed by atoms with Crippen LogP contribution in [0.4, 0.5) is 5.69 Å². The highest BCUT2D eigenvalue weighted by Crippen LogP contribution is 2.15. The highest BCUT2D eigenvalue weighted by atomic mass is 16.6. The third-order valence-corrected chi connectivity index (χ3v) is 1.71. The lowest BCUT2D eigenvalue weighted by molar-refractivity contribution is -0.727. The molecule has 1 aromatic heterocycles. The number of nitrogens with one attached hydrogen (secondary N) is 1. The van der Waals surface area contributed by atoms with Gasteiger partial charge >= 0.3 is 17.1 Å². The van der Waals surface area contributed by atoms with Crippen LogP contribution in [0.5, 0.6) is 0 Å². The molecule has 0 fully saturated rings. The number of H-pyrrole nitrogens is 1. The van der Waals surface area contributed by atoms with Crippen molar-refractivity contribution >= 4 is 5.69 Å². The summed E-state index contributed by atoms with van der Waals surface area (Å²) >= 11 is 0. The Morgan fingerprint density at radius 2 is 2.20 bits per heavy atom. The molecule has 1 heterocycles. The van der Waals surface area contributed by atoms with E-state index < -0.39 is 10.7 Å². The van der Waals surface area contributed by atoms with Gasteiger partial charge in [0.25, 0.3) is 0 Å². The number of hydrogen-bond donors (Lipinski definition) is 1. The molecule has 0 saturated carbocycles. The van der Waals surface area contributed by atoms with Crippen molar-refractivity contribution in [2.75, 3.05) is 0 Å². The third-order valence-electron chi connectivity index (χ3n) is 1.71. The first-order valence-corrected chi connectivity index (χ1v) is 3.90. The molecule has 0 unspecified atom stereocenters. The van der Waals surface area contributed by atoms with Crippen LogP contribution in [0, 0.1) is 10.1 Å². The quantitative estimate of drug-likeness (QED) is 0.409. The van der Waals surface area contributed by atoms with Crippen molar-refractivity contribution in [1.82, 2.24) is 10.4 Å². The predicted octanol–water partition coefficient (Wildman–Crippen LogP) is -0.452. The lowest BCUT2D eigenvalue weighted by Gasteiger charge is -1.89. The van der Waals surface area contributed by atoms with E-state index in [0.717, 1.165) is 4.80 Å². The summed E-state index contributed by atoms with van der Waals surface area (Å²) in [7, 11) is 0. The van der Waals surface area contributed by atoms with Crippen molar-refractivity contribution in [3.8, 4) is 5.69 Å². The van der Waals surface area contributed by atoms with E-state index in [9.17, 15) is 14.9 Å². The molecule has 0 amide bonds. The van der Waals surface area contributed by atoms with E-state index in [1.807, 2.05) is 0 Å². The number of aromatic amines is 1. The number of benzene rings is 1. The zero-order valence-corrected chi connectivity index (χ0v) is 7.28. The van der Waals surface area contributed by atoms with Crippen LogP contribution >= 0.6 is 0 Å². The maximum Gasteiger partial charge on any atom is 0.493 e. The molecular weight excluding hydrogens is 204 g/mol. The van der Waals surface area contributed by atoms with E-state index in [-0.39, 0.29) is 11.4 Å². The Morgan fingerprint density at radius 3 is 2.80 bits per heavy atom. The van der Waals surface area contributed by atoms with Crippen molar-refractivity contribution in [1.29, 1.82) is 0 Å². The highest BCUT2D eigenvalue weighted by molar-refractivity contribution is 5.45. The highest BCUT2D eigenvalue weighted by Gasteiger charge is 2.25. The Kier molecular flexibility index (Phi) is 2.01. The molecule has 0 atom stereocenters. The van der Waals surface area contributed by atoms with E-state index in [1.165, 1.54) is 18.2 Å². The zero-order valence-electron chi connectivity index (χ0n) is 7.28. The van der Waals surface area contributed by atoms with Crippen LogP contribution in [0.1, 0.15) is 0 Å². The second-order valence-corrected chi connectivity index (χ2v) is 2.63. The molecule has 2 aromatic rings. The summed E-state index contributed by atoms with van der Waals surface area (Å²) < 4.78 is 4.23. The van der Waals surface area contributed by atoms with E-state index in [4.69, 9.17) is 0 Å². The molecule has 8 heteroatoms. The van der Waals surface area contributed by atoms with Gasteiger partial charge in [0.05, 0.1) is 9.72 Å². The van der Waals surface area contributed by atoms with Gasteiger partial charge in [-0.3, -0.25) is 10.1 Å². The van der Waals surface area contributed by atoms with E-state index in [1.54, 1.807) is 6.07 Å². The van der Waals surface area contributed by atoms with Crippen molar-refractivity contribution < 1.29 is 14.2 Å². The van der Waals surface area contributed by atoms with Crippen molar-refractivity contribution in [2.24, 2.45) is 0 Å². The van der Waals surface area contributed by atoms with Gasteiger partial charge in [-0.2, -0.15) is 0 Å². The van der Waals surface area contributed by atoms with Gasteiger partial charge in [-0.25, -0.2) is 9.32 Å². The third kappa shape index (κ3) is 1.59. The maximum atomic E-state index is 10.7. The standard InChI is InChI=1S/C7H4N4O4/c12-7-8-10(9-15-7)5-3-1-2-4-6(5)11(13)14/h1-4H/p+1. The largest absolute Gasteiger partial charge is 0.493 e. The summed E-state index contributed by atoms with van der Waals surface area (Å²) in [6.45, 7) is 0. The fraction of sp³-hybridized carbons (Fsp3) is 0. The molecule has 1 N–H and O–H groups in total. The number of rotatable bonds is 2. The topological polar surface area (TPSA) is 106 Å². The molecule has 2 rings (SSSR count). The maximum absolute atomic E-state index is 10.7. The first-order valence-electron chi connectivity index (χ1n) is 3.90. The zero-order chi connectivity index (χ0) is 10.8. The van der Waals surface area contributed by atoms with Gasteiger partial charge in [0.2, 0.25) is 5.27 Å². The number of nitrogens with zero attached hydrogens (tertiary/aromatic N) is 3. The molecule has 15 heavy (non-hydrogen) atoms. The minimum Gasteiger partial charge on any atom is -0.258 e. The van der Waals surface area contributed by atoms with Crippen molar-refractivity contribution in [3.63, 3.8) is 0 Å². The fourth-order valence-corrected chi connectivity index (χ4v) is 1.11. The average molecular weight is 209 g/mol. The molecule has 0 spiro atoms. The number of aromatic nitrogens is 3. The minimum atomic E-state index is -0.784. The summed E-state index contributed by atoms with van der Waals surface area (Å²) in [4.78, 5) is 21.6. The van der Waals surface area contributed by atoms with Crippen LogP contribution in [0.3, 0.4) is 0 Å². The molecule has 0 saturated heterocycles. The monoisotopic (exact) mass is 209 g/mol.